The number of nitrogens with two attached hydrogens (primary N) is 1. The molecule has 0 aromatic heterocycles. The van der Waals surface area contributed by atoms with Crippen molar-refractivity contribution in [3.63, 3.8) is 0 Å². The standard InChI is InChI=1S/C11H15N3O3.2CH4O3S/c12-11(15)8-13-7-1-2-9-3-5-10(6-4-9)14(16)17;2*1-5(2,3)4/h3-6,13H,1-2,7-8H2,(H2,12,15);2*1H3,(H,2,3,4). The Balaban J connectivity index is 0. The maximum Gasteiger partial charge on any atom is 0.269 e. The highest BCUT2D eigenvalue weighted by molar-refractivity contribution is 7.85. The molecule has 156 valence electrons. The first-order valence-corrected chi connectivity index (χ1v) is 10.9. The molecule has 0 saturated carbocycles. The van der Waals surface area contributed by atoms with Gasteiger partial charge in [-0.2, -0.15) is 16.8 Å². The molecule has 0 heterocycles. The van der Waals surface area contributed by atoms with Gasteiger partial charge in [0.25, 0.3) is 25.9 Å². The van der Waals surface area contributed by atoms with Gasteiger partial charge in [0.2, 0.25) is 5.91 Å². The summed E-state index contributed by atoms with van der Waals surface area (Å²) in [5.41, 5.74) is 6.10. The van der Waals surface area contributed by atoms with E-state index in [0.717, 1.165) is 18.4 Å². The molecule has 0 fully saturated rings. The maximum absolute atomic E-state index is 10.4. The predicted octanol–water partition coefficient (Wildman–Crippen LogP) is -0.390. The minimum Gasteiger partial charge on any atom is -0.369 e. The molecule has 0 aliphatic rings. The molecule has 14 heteroatoms. The Morgan fingerprint density at radius 1 is 1.11 bits per heavy atom. The van der Waals surface area contributed by atoms with E-state index >= 15 is 0 Å². The summed E-state index contributed by atoms with van der Waals surface area (Å²) in [6.45, 7) is 0.875. The van der Waals surface area contributed by atoms with Crippen molar-refractivity contribution >= 4 is 31.8 Å². The number of primary amides is 1. The summed E-state index contributed by atoms with van der Waals surface area (Å²) in [4.78, 5) is 20.4. The molecule has 1 aromatic rings. The van der Waals surface area contributed by atoms with E-state index in [1.54, 1.807) is 12.1 Å². The molecule has 0 atom stereocenters. The number of nitro groups is 1. The van der Waals surface area contributed by atoms with Crippen LogP contribution in [0.25, 0.3) is 0 Å². The lowest BCUT2D eigenvalue weighted by Crippen LogP contribution is -2.29. The van der Waals surface area contributed by atoms with Gasteiger partial charge in [-0.05, 0) is 24.9 Å². The number of nitro benzene ring substituents is 1. The van der Waals surface area contributed by atoms with Crippen LogP contribution in [0.4, 0.5) is 5.69 Å². The summed E-state index contributed by atoms with van der Waals surface area (Å²) in [6.07, 6.45) is 3.09. The highest BCUT2D eigenvalue weighted by Crippen LogP contribution is 2.12. The van der Waals surface area contributed by atoms with E-state index in [1.165, 1.54) is 12.1 Å². The molecule has 12 nitrogen and oxygen atoms in total. The molecule has 0 saturated heterocycles. The van der Waals surface area contributed by atoms with Gasteiger partial charge in [-0.1, -0.05) is 12.1 Å². The minimum absolute atomic E-state index is 0.0978. The number of hydrogen-bond donors (Lipinski definition) is 4. The maximum atomic E-state index is 10.4. The van der Waals surface area contributed by atoms with E-state index in [4.69, 9.17) is 14.8 Å². The molecule has 0 aliphatic heterocycles. The number of nitrogens with one attached hydrogen (secondary N) is 1. The zero-order valence-corrected chi connectivity index (χ0v) is 16.4. The van der Waals surface area contributed by atoms with Gasteiger partial charge >= 0.3 is 0 Å². The second-order valence-corrected chi connectivity index (χ2v) is 8.07. The zero-order valence-electron chi connectivity index (χ0n) is 14.7. The first-order chi connectivity index (χ1) is 12.1. The third-order valence-corrected chi connectivity index (χ3v) is 2.27. The van der Waals surface area contributed by atoms with Gasteiger partial charge in [-0.15, -0.1) is 0 Å². The summed E-state index contributed by atoms with van der Waals surface area (Å²) in [5, 5.41) is 13.3. The van der Waals surface area contributed by atoms with Crippen LogP contribution < -0.4 is 11.1 Å². The number of aryl methyl sites for hydroxylation is 1. The molecule has 0 spiro atoms. The zero-order chi connectivity index (χ0) is 21.7. The monoisotopic (exact) mass is 429 g/mol. The number of carbonyl (C=O) groups is 1. The van der Waals surface area contributed by atoms with Gasteiger partial charge in [0, 0.05) is 12.1 Å². The van der Waals surface area contributed by atoms with Crippen LogP contribution in [0.2, 0.25) is 0 Å². The van der Waals surface area contributed by atoms with Gasteiger partial charge in [0.05, 0.1) is 24.0 Å². The Hall–Kier alpha value is -2.13. The Kier molecular flexibility index (Phi) is 13.1. The van der Waals surface area contributed by atoms with Crippen LogP contribution in [-0.4, -0.2) is 62.4 Å². The lowest BCUT2D eigenvalue weighted by molar-refractivity contribution is -0.384. The highest BCUT2D eigenvalue weighted by atomic mass is 32.2. The average Bonchev–Trinajstić information content (AvgIpc) is 2.43. The van der Waals surface area contributed by atoms with Gasteiger partial charge in [0.1, 0.15) is 0 Å². The Labute approximate surface area is 157 Å². The lowest BCUT2D eigenvalue weighted by atomic mass is 10.1. The first kappa shape index (κ1) is 27.1. The van der Waals surface area contributed by atoms with E-state index in [0.29, 0.717) is 19.1 Å². The molecule has 0 unspecified atom stereocenters. The van der Waals surface area contributed by atoms with Crippen LogP contribution in [0.5, 0.6) is 0 Å². The van der Waals surface area contributed by atoms with Crippen LogP contribution >= 0.6 is 0 Å². The average molecular weight is 429 g/mol. The van der Waals surface area contributed by atoms with Crippen molar-refractivity contribution in [3.05, 3.63) is 39.9 Å². The summed E-state index contributed by atoms with van der Waals surface area (Å²) < 4.78 is 51.7. The quantitative estimate of drug-likeness (QED) is 0.191. The number of benzene rings is 1. The molecule has 1 aromatic carbocycles. The van der Waals surface area contributed by atoms with E-state index in [9.17, 15) is 31.7 Å². The second-order valence-electron chi connectivity index (χ2n) is 5.14. The summed E-state index contributed by atoms with van der Waals surface area (Å²) in [6, 6.07) is 6.47. The smallest absolute Gasteiger partial charge is 0.269 e. The molecule has 5 N–H and O–H groups in total. The largest absolute Gasteiger partial charge is 0.369 e. The molecule has 0 bridgehead atoms. The lowest BCUT2D eigenvalue weighted by Gasteiger charge is -2.02. The summed E-state index contributed by atoms with van der Waals surface area (Å²) >= 11 is 0. The fraction of sp³-hybridized carbons (Fsp3) is 0.462. The number of carbonyl (C=O) groups excluding carboxylic acids is 1. The van der Waals surface area contributed by atoms with Crippen LogP contribution in [-0.2, 0) is 31.5 Å². The predicted molar refractivity (Wildman–Crippen MR) is 98.4 cm³/mol. The van der Waals surface area contributed by atoms with Crippen molar-refractivity contribution < 1.29 is 35.7 Å². The van der Waals surface area contributed by atoms with Crippen molar-refractivity contribution in [1.29, 1.82) is 0 Å². The highest BCUT2D eigenvalue weighted by Gasteiger charge is 2.03. The number of non-ortho nitro benzene ring substituents is 1. The van der Waals surface area contributed by atoms with Gasteiger partial charge in [-0.25, -0.2) is 0 Å². The van der Waals surface area contributed by atoms with Crippen molar-refractivity contribution in [2.45, 2.75) is 12.8 Å². The second kappa shape index (κ2) is 13.1. The van der Waals surface area contributed by atoms with Crippen molar-refractivity contribution in [3.8, 4) is 0 Å². The molecule has 1 amide bonds. The number of amides is 1. The molecule has 0 aliphatic carbocycles. The molecule has 0 radical (unpaired) electrons. The van der Waals surface area contributed by atoms with Crippen LogP contribution in [0.15, 0.2) is 24.3 Å². The molecular weight excluding hydrogens is 406 g/mol. The SMILES string of the molecule is CS(=O)(=O)O.CS(=O)(=O)O.NC(=O)CNCCCc1ccc([N+](=O)[O-])cc1. The third-order valence-electron chi connectivity index (χ3n) is 2.27. The van der Waals surface area contributed by atoms with Crippen molar-refractivity contribution in [2.75, 3.05) is 25.6 Å². The van der Waals surface area contributed by atoms with Gasteiger partial charge in [0.15, 0.2) is 0 Å². The number of rotatable bonds is 7. The van der Waals surface area contributed by atoms with Gasteiger partial charge < -0.3 is 11.1 Å². The molecular formula is C13H23N3O9S2. The number of hydrogen-bond acceptors (Lipinski definition) is 8. The Morgan fingerprint density at radius 3 is 1.85 bits per heavy atom. The van der Waals surface area contributed by atoms with Gasteiger partial charge in [-0.3, -0.25) is 24.0 Å². The normalized spacial score (nSPS) is 10.7. The van der Waals surface area contributed by atoms with E-state index in [1.807, 2.05) is 0 Å². The Bertz CT molecular complexity index is 745. The summed E-state index contributed by atoms with van der Waals surface area (Å²) in [7, 11) is -7.33. The Morgan fingerprint density at radius 2 is 1.52 bits per heavy atom. The van der Waals surface area contributed by atoms with E-state index < -0.39 is 25.2 Å². The van der Waals surface area contributed by atoms with Crippen molar-refractivity contribution in [2.24, 2.45) is 5.73 Å². The van der Waals surface area contributed by atoms with Crippen LogP contribution in [0, 0.1) is 10.1 Å². The third kappa shape index (κ3) is 28.9. The first-order valence-electron chi connectivity index (χ1n) is 7.17. The summed E-state index contributed by atoms with van der Waals surface area (Å²) in [5.74, 6) is -0.375. The van der Waals surface area contributed by atoms with Crippen LogP contribution in [0.3, 0.4) is 0 Å². The molecule has 1 rings (SSSR count). The van der Waals surface area contributed by atoms with E-state index in [-0.39, 0.29) is 18.1 Å². The topological polar surface area (TPSA) is 207 Å². The fourth-order valence-corrected chi connectivity index (χ4v) is 1.41. The van der Waals surface area contributed by atoms with E-state index in [2.05, 4.69) is 5.32 Å². The molecule has 27 heavy (non-hydrogen) atoms. The fourth-order valence-electron chi connectivity index (χ4n) is 1.41. The number of nitrogens with zero attached hydrogens (tertiary/aromatic N) is 1. The van der Waals surface area contributed by atoms with Crippen molar-refractivity contribution in [1.82, 2.24) is 5.32 Å². The minimum atomic E-state index is -3.67. The van der Waals surface area contributed by atoms with Crippen LogP contribution in [0.1, 0.15) is 12.0 Å².